The fraction of sp³-hybridized carbons (Fsp3) is 0.429. The molecule has 2 aliphatic heterocycles. The fourth-order valence-corrected chi connectivity index (χ4v) is 4.17. The lowest BCUT2D eigenvalue weighted by atomic mass is 9.95. The lowest BCUT2D eigenvalue weighted by Crippen LogP contribution is -2.41. The molecule has 3 aromatic rings. The third-order valence-corrected chi connectivity index (χ3v) is 5.75. The lowest BCUT2D eigenvalue weighted by Gasteiger charge is -2.32. The summed E-state index contributed by atoms with van der Waals surface area (Å²) in [5.41, 5.74) is 5.68. The Hall–Kier alpha value is -2.96. The van der Waals surface area contributed by atoms with Crippen molar-refractivity contribution in [2.45, 2.75) is 39.8 Å². The van der Waals surface area contributed by atoms with Crippen LogP contribution in [0.25, 0.3) is 11.2 Å². The van der Waals surface area contributed by atoms with E-state index in [-0.39, 0.29) is 11.8 Å². The fourth-order valence-electron chi connectivity index (χ4n) is 4.17. The normalized spacial score (nSPS) is 17.4. The van der Waals surface area contributed by atoms with Crippen LogP contribution in [0.4, 0.5) is 6.01 Å². The standard InChI is InChI=1S/C21H23N5O2/c1-13-3-4-18-19(23-13)24-21(28-18)25-7-5-15(6-8-25)20(27)26-11-16-9-14(2)22-10-17(16)12-26/h3-4,9-10,15H,5-8,11-12H2,1-2H3. The van der Waals surface area contributed by atoms with E-state index < -0.39 is 0 Å². The molecular formula is C21H23N5O2. The van der Waals surface area contributed by atoms with Gasteiger partial charge in [-0.3, -0.25) is 9.78 Å². The SMILES string of the molecule is Cc1cc2c(cn1)CN(C(=O)C1CCN(c3nc4nc(C)ccc4o3)CC1)C2. The summed E-state index contributed by atoms with van der Waals surface area (Å²) in [7, 11) is 0. The zero-order valence-electron chi connectivity index (χ0n) is 16.2. The number of anilines is 1. The molecule has 0 aromatic carbocycles. The van der Waals surface area contributed by atoms with E-state index in [1.807, 2.05) is 37.1 Å². The third-order valence-electron chi connectivity index (χ3n) is 5.75. The van der Waals surface area contributed by atoms with E-state index in [2.05, 4.69) is 25.9 Å². The first-order chi connectivity index (χ1) is 13.6. The Labute approximate surface area is 163 Å². The van der Waals surface area contributed by atoms with Gasteiger partial charge in [-0.25, -0.2) is 4.98 Å². The van der Waals surface area contributed by atoms with Gasteiger partial charge in [-0.05, 0) is 56.0 Å². The molecule has 28 heavy (non-hydrogen) atoms. The maximum absolute atomic E-state index is 13.0. The van der Waals surface area contributed by atoms with Gasteiger partial charge < -0.3 is 14.2 Å². The summed E-state index contributed by atoms with van der Waals surface area (Å²) in [5, 5.41) is 0. The minimum Gasteiger partial charge on any atom is -0.422 e. The Balaban J connectivity index is 1.24. The Kier molecular flexibility index (Phi) is 4.03. The molecule has 5 rings (SSSR count). The maximum atomic E-state index is 13.0. The Morgan fingerprint density at radius 2 is 1.86 bits per heavy atom. The topological polar surface area (TPSA) is 75.4 Å². The van der Waals surface area contributed by atoms with Crippen LogP contribution in [0.1, 0.15) is 35.4 Å². The number of hydrogen-bond acceptors (Lipinski definition) is 6. The number of aryl methyl sites for hydroxylation is 2. The molecule has 0 radical (unpaired) electrons. The number of carbonyl (C=O) groups is 1. The minimum atomic E-state index is 0.0596. The summed E-state index contributed by atoms with van der Waals surface area (Å²) in [5.74, 6) is 0.313. The Morgan fingerprint density at radius 3 is 2.68 bits per heavy atom. The molecule has 144 valence electrons. The van der Waals surface area contributed by atoms with Gasteiger partial charge in [0.15, 0.2) is 5.58 Å². The summed E-state index contributed by atoms with van der Waals surface area (Å²) in [6, 6.07) is 6.53. The molecule has 3 aromatic heterocycles. The molecule has 0 N–H and O–H groups in total. The molecule has 0 spiro atoms. The molecule has 2 aliphatic rings. The predicted molar refractivity (Wildman–Crippen MR) is 105 cm³/mol. The van der Waals surface area contributed by atoms with Crippen LogP contribution in [0.15, 0.2) is 28.8 Å². The summed E-state index contributed by atoms with van der Waals surface area (Å²) < 4.78 is 5.86. The van der Waals surface area contributed by atoms with Gasteiger partial charge in [0.1, 0.15) is 0 Å². The number of pyridine rings is 2. The molecule has 0 bridgehead atoms. The second-order valence-corrected chi connectivity index (χ2v) is 7.82. The zero-order valence-corrected chi connectivity index (χ0v) is 16.2. The van der Waals surface area contributed by atoms with E-state index in [1.54, 1.807) is 0 Å². The first-order valence-electron chi connectivity index (χ1n) is 9.79. The number of rotatable bonds is 2. The average molecular weight is 377 g/mol. The van der Waals surface area contributed by atoms with Crippen LogP contribution in [0.5, 0.6) is 0 Å². The van der Waals surface area contributed by atoms with Crippen LogP contribution in [0.2, 0.25) is 0 Å². The van der Waals surface area contributed by atoms with Gasteiger partial charge >= 0.3 is 0 Å². The molecule has 0 unspecified atom stereocenters. The van der Waals surface area contributed by atoms with Gasteiger partial charge in [-0.15, -0.1) is 0 Å². The van der Waals surface area contributed by atoms with Gasteiger partial charge in [-0.2, -0.15) is 4.98 Å². The number of oxazole rings is 1. The van der Waals surface area contributed by atoms with E-state index in [0.717, 1.165) is 37.3 Å². The van der Waals surface area contributed by atoms with Crippen molar-refractivity contribution >= 4 is 23.2 Å². The molecule has 1 fully saturated rings. The van der Waals surface area contributed by atoms with Crippen LogP contribution in [0.3, 0.4) is 0 Å². The summed E-state index contributed by atoms with van der Waals surface area (Å²) in [4.78, 5) is 30.4. The number of fused-ring (bicyclic) bond motifs is 2. The molecule has 5 heterocycles. The Bertz CT molecular complexity index is 1050. The lowest BCUT2D eigenvalue weighted by molar-refractivity contribution is -0.136. The average Bonchev–Trinajstić information content (AvgIpc) is 3.30. The van der Waals surface area contributed by atoms with Gasteiger partial charge in [-0.1, -0.05) is 0 Å². The van der Waals surface area contributed by atoms with Crippen molar-refractivity contribution in [1.29, 1.82) is 0 Å². The van der Waals surface area contributed by atoms with Gasteiger partial charge in [0, 0.05) is 49.7 Å². The highest BCUT2D eigenvalue weighted by Crippen LogP contribution is 2.29. The number of piperidine rings is 1. The smallest absolute Gasteiger partial charge is 0.299 e. The summed E-state index contributed by atoms with van der Waals surface area (Å²) >= 11 is 0. The first kappa shape index (κ1) is 17.2. The predicted octanol–water partition coefficient (Wildman–Crippen LogP) is 2.99. The second-order valence-electron chi connectivity index (χ2n) is 7.82. The van der Waals surface area contributed by atoms with Gasteiger partial charge in [0.05, 0.1) is 0 Å². The molecule has 7 nitrogen and oxygen atoms in total. The number of aromatic nitrogens is 3. The van der Waals surface area contributed by atoms with E-state index in [0.29, 0.717) is 30.3 Å². The highest BCUT2D eigenvalue weighted by molar-refractivity contribution is 5.80. The first-order valence-corrected chi connectivity index (χ1v) is 9.79. The molecule has 7 heteroatoms. The zero-order chi connectivity index (χ0) is 19.3. The van der Waals surface area contributed by atoms with Crippen molar-refractivity contribution in [2.75, 3.05) is 18.0 Å². The largest absolute Gasteiger partial charge is 0.422 e. The highest BCUT2D eigenvalue weighted by atomic mass is 16.4. The Morgan fingerprint density at radius 1 is 1.07 bits per heavy atom. The van der Waals surface area contributed by atoms with Crippen molar-refractivity contribution in [3.63, 3.8) is 0 Å². The van der Waals surface area contributed by atoms with Gasteiger partial charge in [0.25, 0.3) is 6.01 Å². The van der Waals surface area contributed by atoms with E-state index in [1.165, 1.54) is 11.1 Å². The van der Waals surface area contributed by atoms with Crippen molar-refractivity contribution in [3.05, 3.63) is 46.9 Å². The maximum Gasteiger partial charge on any atom is 0.299 e. The summed E-state index contributed by atoms with van der Waals surface area (Å²) in [6.45, 7) is 6.85. The van der Waals surface area contributed by atoms with Crippen LogP contribution in [0, 0.1) is 19.8 Å². The van der Waals surface area contributed by atoms with Crippen molar-refractivity contribution < 1.29 is 9.21 Å². The quantitative estimate of drug-likeness (QED) is 0.683. The molecule has 0 saturated carbocycles. The monoisotopic (exact) mass is 377 g/mol. The van der Waals surface area contributed by atoms with Crippen molar-refractivity contribution in [3.8, 4) is 0 Å². The second kappa shape index (κ2) is 6.58. The number of nitrogens with zero attached hydrogens (tertiary/aromatic N) is 5. The van der Waals surface area contributed by atoms with Gasteiger partial charge in [0.2, 0.25) is 11.6 Å². The van der Waals surface area contributed by atoms with Crippen LogP contribution in [-0.2, 0) is 17.9 Å². The van der Waals surface area contributed by atoms with Crippen LogP contribution < -0.4 is 4.90 Å². The summed E-state index contributed by atoms with van der Waals surface area (Å²) in [6.07, 6.45) is 3.53. The third kappa shape index (κ3) is 3.00. The number of hydrogen-bond donors (Lipinski definition) is 0. The van der Waals surface area contributed by atoms with Crippen molar-refractivity contribution in [1.82, 2.24) is 19.9 Å². The minimum absolute atomic E-state index is 0.0596. The van der Waals surface area contributed by atoms with Crippen molar-refractivity contribution in [2.24, 2.45) is 5.92 Å². The number of amides is 1. The molecule has 0 aliphatic carbocycles. The highest BCUT2D eigenvalue weighted by Gasteiger charge is 2.32. The van der Waals surface area contributed by atoms with E-state index in [4.69, 9.17) is 4.42 Å². The molecular weight excluding hydrogens is 354 g/mol. The van der Waals surface area contributed by atoms with E-state index in [9.17, 15) is 4.79 Å². The number of carbonyl (C=O) groups excluding carboxylic acids is 1. The molecule has 1 amide bonds. The van der Waals surface area contributed by atoms with E-state index >= 15 is 0 Å². The molecule has 0 atom stereocenters. The van der Waals surface area contributed by atoms with Crippen LogP contribution in [-0.4, -0.2) is 38.8 Å². The molecule has 1 saturated heterocycles. The van der Waals surface area contributed by atoms with Crippen LogP contribution >= 0.6 is 0 Å².